The van der Waals surface area contributed by atoms with E-state index in [2.05, 4.69) is 184 Å². The van der Waals surface area contributed by atoms with Crippen molar-refractivity contribution >= 4 is 17.9 Å². The highest BCUT2D eigenvalue weighted by atomic mass is 16.7. The summed E-state index contributed by atoms with van der Waals surface area (Å²) in [6.07, 6.45) is 118. The van der Waals surface area contributed by atoms with Gasteiger partial charge in [-0.05, 0) is 128 Å². The lowest BCUT2D eigenvalue weighted by atomic mass is 10.0. The molecule has 0 aromatic carbocycles. The first-order valence-electron chi connectivity index (χ1n) is 41.3. The summed E-state index contributed by atoms with van der Waals surface area (Å²) in [5, 5.41) is 9.78. The van der Waals surface area contributed by atoms with Gasteiger partial charge in [-0.15, -0.1) is 0 Å². The van der Waals surface area contributed by atoms with Crippen LogP contribution < -0.4 is 0 Å². The molecule has 0 rings (SSSR count). The van der Waals surface area contributed by atoms with Gasteiger partial charge in [0.1, 0.15) is 13.2 Å². The number of carbonyl (C=O) groups is 3. The number of nitrogens with zero attached hydrogens (tertiary/aromatic N) is 1. The van der Waals surface area contributed by atoms with Crippen LogP contribution in [0.3, 0.4) is 0 Å². The first kappa shape index (κ1) is 95.6. The van der Waals surface area contributed by atoms with E-state index in [-0.39, 0.29) is 32.2 Å². The molecule has 0 aliphatic rings. The molecule has 101 heavy (non-hydrogen) atoms. The molecule has 0 heterocycles. The molecular weight excluding hydrogens is 1250 g/mol. The predicted molar refractivity (Wildman–Crippen MR) is 437 cm³/mol. The summed E-state index contributed by atoms with van der Waals surface area (Å²) in [7, 11) is 5.98. The van der Waals surface area contributed by atoms with Gasteiger partial charge in [-0.3, -0.25) is 9.59 Å². The van der Waals surface area contributed by atoms with Gasteiger partial charge >= 0.3 is 17.9 Å². The largest absolute Gasteiger partial charge is 0.477 e. The van der Waals surface area contributed by atoms with Crippen LogP contribution in [0.5, 0.6) is 0 Å². The Morgan fingerprint density at radius 3 is 0.792 bits per heavy atom. The molecule has 0 saturated carbocycles. The lowest BCUT2D eigenvalue weighted by Gasteiger charge is -2.25. The molecule has 0 amide bonds. The van der Waals surface area contributed by atoms with E-state index >= 15 is 0 Å². The summed E-state index contributed by atoms with van der Waals surface area (Å²) in [5.74, 6) is -2.00. The summed E-state index contributed by atoms with van der Waals surface area (Å²) < 4.78 is 23.1. The van der Waals surface area contributed by atoms with E-state index in [0.717, 1.165) is 128 Å². The Morgan fingerprint density at radius 2 is 0.535 bits per heavy atom. The van der Waals surface area contributed by atoms with Crippen LogP contribution in [0, 0.1) is 0 Å². The number of carbonyl (C=O) groups excluding carboxylic acids is 2. The Labute approximate surface area is 622 Å². The molecule has 1 N–H and O–H groups in total. The van der Waals surface area contributed by atoms with E-state index in [4.69, 9.17) is 18.9 Å². The number of aliphatic carboxylic acids is 1. The summed E-state index contributed by atoms with van der Waals surface area (Å²) in [6.45, 7) is 4.67. The Balaban J connectivity index is 4.05. The molecule has 0 aromatic rings. The second-order valence-electron chi connectivity index (χ2n) is 28.3. The third-order valence-corrected chi connectivity index (χ3v) is 17.5. The van der Waals surface area contributed by atoms with Crippen LogP contribution >= 0.6 is 0 Å². The molecule has 9 nitrogen and oxygen atoms in total. The molecule has 0 aliphatic heterocycles. The van der Waals surface area contributed by atoms with Gasteiger partial charge in [0, 0.05) is 12.8 Å². The standard InChI is InChI=1S/C92H153NO8/c1-6-8-10-12-14-16-18-20-22-24-26-28-30-32-34-36-38-40-42-43-44-45-46-47-49-51-53-55-57-59-61-63-65-67-69-71-73-75-77-79-81-83-90(95)101-88(87-100-92(91(96)97)98-85-84-93(3,4)5)86-99-89(94)82-80-78-76-74-72-70-68-66-64-62-60-58-56-54-52-50-48-41-39-37-35-33-31-29-27-25-23-21-19-17-15-13-11-9-7-2/h8-11,14-17,20-23,26-29,32-35,38,40,43-44,46-47,51,53,88,92H,6-7,12-13,18-19,24-25,30-31,36-37,39,41-42,45,48-50,52,54-87H2,1-5H3/p+1/b10-8-,11-9-,16-14-,17-15-,22-20-,23-21-,28-26-,29-27-,34-32-,35-33-,40-38-,44-43-,47-46-,53-51-. The average molecular weight is 1400 g/mol. The van der Waals surface area contributed by atoms with Crippen molar-refractivity contribution in [2.24, 2.45) is 0 Å². The molecule has 0 spiro atoms. The number of ether oxygens (including phenoxy) is 4. The van der Waals surface area contributed by atoms with Crippen LogP contribution in [-0.2, 0) is 33.3 Å². The minimum absolute atomic E-state index is 0.182. The Kier molecular flexibility index (Phi) is 76.1. The van der Waals surface area contributed by atoms with Crippen LogP contribution in [0.1, 0.15) is 335 Å². The number of carboxylic acid groups (broad SMARTS) is 1. The lowest BCUT2D eigenvalue weighted by Crippen LogP contribution is -2.40. The number of quaternary nitrogens is 1. The second-order valence-corrected chi connectivity index (χ2v) is 28.3. The molecule has 0 aliphatic carbocycles. The van der Waals surface area contributed by atoms with E-state index in [1.807, 2.05) is 21.1 Å². The fourth-order valence-corrected chi connectivity index (χ4v) is 11.3. The third kappa shape index (κ3) is 81.8. The van der Waals surface area contributed by atoms with E-state index in [9.17, 15) is 19.5 Å². The van der Waals surface area contributed by atoms with Gasteiger partial charge in [-0.25, -0.2) is 4.79 Å². The third-order valence-electron chi connectivity index (χ3n) is 17.5. The van der Waals surface area contributed by atoms with Crippen molar-refractivity contribution in [3.63, 3.8) is 0 Å². The monoisotopic (exact) mass is 1400 g/mol. The van der Waals surface area contributed by atoms with Gasteiger partial charge in [0.2, 0.25) is 0 Å². The van der Waals surface area contributed by atoms with Crippen molar-refractivity contribution in [1.82, 2.24) is 0 Å². The lowest BCUT2D eigenvalue weighted by molar-refractivity contribution is -0.870. The first-order valence-corrected chi connectivity index (χ1v) is 41.3. The Hall–Kier alpha value is -5.35. The highest BCUT2D eigenvalue weighted by molar-refractivity contribution is 5.71. The molecular formula is C92H154NO8+. The van der Waals surface area contributed by atoms with Crippen molar-refractivity contribution in [3.05, 3.63) is 170 Å². The second kappa shape index (κ2) is 80.3. The van der Waals surface area contributed by atoms with Crippen LogP contribution in [-0.4, -0.2) is 87.4 Å². The number of unbranched alkanes of at least 4 members (excludes halogenated alkanes) is 32. The Morgan fingerprint density at radius 1 is 0.297 bits per heavy atom. The molecule has 9 heteroatoms. The van der Waals surface area contributed by atoms with E-state index in [0.29, 0.717) is 23.9 Å². The van der Waals surface area contributed by atoms with Gasteiger partial charge < -0.3 is 28.5 Å². The highest BCUT2D eigenvalue weighted by Crippen LogP contribution is 2.18. The number of hydrogen-bond acceptors (Lipinski definition) is 7. The van der Waals surface area contributed by atoms with Crippen LogP contribution in [0.4, 0.5) is 0 Å². The summed E-state index contributed by atoms with van der Waals surface area (Å²) in [4.78, 5) is 37.8. The summed E-state index contributed by atoms with van der Waals surface area (Å²) in [5.41, 5.74) is 0. The minimum Gasteiger partial charge on any atom is -0.477 e. The zero-order valence-corrected chi connectivity index (χ0v) is 65.8. The van der Waals surface area contributed by atoms with Gasteiger partial charge in [-0.1, -0.05) is 364 Å². The number of rotatable bonds is 75. The smallest absolute Gasteiger partial charge is 0.361 e. The zero-order chi connectivity index (χ0) is 73.2. The maximum atomic E-state index is 13.0. The van der Waals surface area contributed by atoms with Gasteiger partial charge in [-0.2, -0.15) is 0 Å². The topological polar surface area (TPSA) is 108 Å². The predicted octanol–water partition coefficient (Wildman–Crippen LogP) is 26.9. The van der Waals surface area contributed by atoms with Crippen molar-refractivity contribution < 1.29 is 42.9 Å². The minimum atomic E-state index is -1.52. The maximum Gasteiger partial charge on any atom is 0.361 e. The van der Waals surface area contributed by atoms with Crippen LogP contribution in [0.25, 0.3) is 0 Å². The molecule has 574 valence electrons. The van der Waals surface area contributed by atoms with Crippen molar-refractivity contribution in [2.45, 2.75) is 347 Å². The first-order chi connectivity index (χ1) is 49.6. The van der Waals surface area contributed by atoms with Crippen molar-refractivity contribution in [3.8, 4) is 0 Å². The number of carboxylic acids is 1. The SMILES string of the molecule is CC/C=C\C/C=C\C/C=C\C/C=C\C/C=C\C/C=C\C/C=C\C/C=C\C/C=C\CCCCCCCCCCCCCCCC(=O)OC(COC(=O)CCCCCCCCCCCCCCCCCCCCC/C=C\C/C=C\C/C=C\C/C=C\C/C=C\CC)COC(OCC[N+](C)(C)C)C(=O)O. The number of allylic oxidation sites excluding steroid dienone is 28. The maximum absolute atomic E-state index is 13.0. The quantitative estimate of drug-likeness (QED) is 0.0211. The summed E-state index contributed by atoms with van der Waals surface area (Å²) in [6, 6.07) is 0. The van der Waals surface area contributed by atoms with Crippen molar-refractivity contribution in [1.29, 1.82) is 0 Å². The highest BCUT2D eigenvalue weighted by Gasteiger charge is 2.25. The molecule has 0 saturated heterocycles. The summed E-state index contributed by atoms with van der Waals surface area (Å²) >= 11 is 0. The number of likely N-dealkylation sites (N-methyl/N-ethyl adjacent to an activating group) is 1. The van der Waals surface area contributed by atoms with Crippen molar-refractivity contribution in [2.75, 3.05) is 47.5 Å². The molecule has 0 fully saturated rings. The molecule has 0 radical (unpaired) electrons. The van der Waals surface area contributed by atoms with Gasteiger partial charge in [0.15, 0.2) is 6.10 Å². The van der Waals surface area contributed by atoms with E-state index in [1.54, 1.807) is 0 Å². The molecule has 2 atom stereocenters. The van der Waals surface area contributed by atoms with E-state index in [1.165, 1.54) is 173 Å². The number of esters is 2. The molecule has 0 aromatic heterocycles. The normalized spacial score (nSPS) is 13.6. The van der Waals surface area contributed by atoms with Crippen LogP contribution in [0.15, 0.2) is 170 Å². The van der Waals surface area contributed by atoms with Gasteiger partial charge in [0.05, 0.1) is 34.4 Å². The molecule has 2 unspecified atom stereocenters. The van der Waals surface area contributed by atoms with Gasteiger partial charge in [0.25, 0.3) is 6.29 Å². The fourth-order valence-electron chi connectivity index (χ4n) is 11.3. The number of hydrogen-bond donors (Lipinski definition) is 1. The van der Waals surface area contributed by atoms with Crippen LogP contribution in [0.2, 0.25) is 0 Å². The Bertz CT molecular complexity index is 2280. The van der Waals surface area contributed by atoms with E-state index < -0.39 is 24.3 Å². The zero-order valence-electron chi connectivity index (χ0n) is 65.8. The molecule has 0 bridgehead atoms. The average Bonchev–Trinajstić information content (AvgIpc) is 1.21. The fraction of sp³-hybridized carbons (Fsp3) is 0.663.